The molecule has 1 aromatic carbocycles. The average molecular weight is 405 g/mol. The lowest BCUT2D eigenvalue weighted by atomic mass is 10.2. The highest BCUT2D eigenvalue weighted by molar-refractivity contribution is 7.09. The maximum absolute atomic E-state index is 12.6. The smallest absolute Gasteiger partial charge is 0.357 e. The van der Waals surface area contributed by atoms with E-state index in [1.165, 1.54) is 48.7 Å². The van der Waals surface area contributed by atoms with Gasteiger partial charge in [-0.05, 0) is 23.8 Å². The zero-order valence-electron chi connectivity index (χ0n) is 15.4. The van der Waals surface area contributed by atoms with Gasteiger partial charge < -0.3 is 14.4 Å². The number of amides is 1. The van der Waals surface area contributed by atoms with Crippen LogP contribution in [-0.2, 0) is 20.8 Å². The van der Waals surface area contributed by atoms with E-state index in [0.29, 0.717) is 23.7 Å². The first-order valence-corrected chi connectivity index (χ1v) is 9.05. The summed E-state index contributed by atoms with van der Waals surface area (Å²) in [6.45, 7) is 0.897. The maximum atomic E-state index is 12.6. The van der Waals surface area contributed by atoms with Crippen molar-refractivity contribution in [3.05, 3.63) is 62.1 Å². The zero-order chi connectivity index (χ0) is 20.5. The number of carbonyl (C=O) groups is 2. The summed E-state index contributed by atoms with van der Waals surface area (Å²) in [5.74, 6) is -0.805. The van der Waals surface area contributed by atoms with Gasteiger partial charge in [0.25, 0.3) is 5.69 Å². The fraction of sp³-hybridized carbons (Fsp3) is 0.278. The molecular weight excluding hydrogens is 386 g/mol. The molecule has 0 bridgehead atoms. The Kier molecular flexibility index (Phi) is 7.78. The van der Waals surface area contributed by atoms with Crippen molar-refractivity contribution in [2.45, 2.75) is 6.54 Å². The van der Waals surface area contributed by atoms with Crippen LogP contribution in [0.1, 0.15) is 21.1 Å². The molecule has 28 heavy (non-hydrogen) atoms. The monoisotopic (exact) mass is 405 g/mol. The number of aromatic nitrogens is 1. The fourth-order valence-electron chi connectivity index (χ4n) is 2.19. The molecule has 0 fully saturated rings. The minimum absolute atomic E-state index is 0.0182. The van der Waals surface area contributed by atoms with Crippen LogP contribution in [0.25, 0.3) is 6.08 Å². The SMILES string of the molecule is COCCN(Cc1nc(C(=O)OC)cs1)C(=O)C=Cc1ccc([N+](=O)[O-])cc1. The maximum Gasteiger partial charge on any atom is 0.357 e. The molecule has 1 heterocycles. The predicted octanol–water partition coefficient (Wildman–Crippen LogP) is 2.53. The highest BCUT2D eigenvalue weighted by Gasteiger charge is 2.16. The van der Waals surface area contributed by atoms with E-state index in [4.69, 9.17) is 4.74 Å². The number of esters is 1. The minimum atomic E-state index is -0.532. The minimum Gasteiger partial charge on any atom is -0.464 e. The van der Waals surface area contributed by atoms with Crippen LogP contribution in [0.4, 0.5) is 5.69 Å². The first-order valence-electron chi connectivity index (χ1n) is 8.17. The lowest BCUT2D eigenvalue weighted by Crippen LogP contribution is -2.32. The molecule has 1 aromatic heterocycles. The average Bonchev–Trinajstić information content (AvgIpc) is 3.17. The van der Waals surface area contributed by atoms with Gasteiger partial charge in [-0.15, -0.1) is 11.3 Å². The molecule has 2 rings (SSSR count). The molecule has 148 valence electrons. The number of nitrogens with zero attached hydrogens (tertiary/aromatic N) is 3. The van der Waals surface area contributed by atoms with Gasteiger partial charge >= 0.3 is 5.97 Å². The largest absolute Gasteiger partial charge is 0.464 e. The van der Waals surface area contributed by atoms with E-state index in [2.05, 4.69) is 9.72 Å². The number of benzene rings is 1. The molecular formula is C18H19N3O6S. The number of nitro groups is 1. The molecule has 10 heteroatoms. The third-order valence-electron chi connectivity index (χ3n) is 3.67. The number of rotatable bonds is 9. The summed E-state index contributed by atoms with van der Waals surface area (Å²) in [4.78, 5) is 40.0. The van der Waals surface area contributed by atoms with E-state index in [1.54, 1.807) is 23.6 Å². The molecule has 9 nitrogen and oxygen atoms in total. The van der Waals surface area contributed by atoms with Gasteiger partial charge in [0.1, 0.15) is 5.01 Å². The number of hydrogen-bond acceptors (Lipinski definition) is 8. The molecule has 2 aromatic rings. The van der Waals surface area contributed by atoms with Gasteiger partial charge in [0, 0.05) is 37.2 Å². The predicted molar refractivity (Wildman–Crippen MR) is 103 cm³/mol. The summed E-state index contributed by atoms with van der Waals surface area (Å²) in [5, 5.41) is 12.9. The zero-order valence-corrected chi connectivity index (χ0v) is 16.2. The van der Waals surface area contributed by atoms with Gasteiger partial charge in [-0.1, -0.05) is 0 Å². The Morgan fingerprint density at radius 2 is 2.00 bits per heavy atom. The summed E-state index contributed by atoms with van der Waals surface area (Å²) in [7, 11) is 2.81. The van der Waals surface area contributed by atoms with Crippen LogP contribution >= 0.6 is 11.3 Å². The molecule has 0 aliphatic carbocycles. The van der Waals surface area contributed by atoms with Crippen molar-refractivity contribution in [2.75, 3.05) is 27.4 Å². The summed E-state index contributed by atoms with van der Waals surface area (Å²) < 4.78 is 9.68. The van der Waals surface area contributed by atoms with Crippen LogP contribution < -0.4 is 0 Å². The van der Waals surface area contributed by atoms with Crippen molar-refractivity contribution in [3.63, 3.8) is 0 Å². The van der Waals surface area contributed by atoms with Crippen LogP contribution in [0.5, 0.6) is 0 Å². The second-order valence-corrected chi connectivity index (χ2v) is 6.50. The Morgan fingerprint density at radius 1 is 1.29 bits per heavy atom. The van der Waals surface area contributed by atoms with Gasteiger partial charge in [-0.25, -0.2) is 9.78 Å². The van der Waals surface area contributed by atoms with Crippen molar-refractivity contribution in [1.29, 1.82) is 0 Å². The highest BCUT2D eigenvalue weighted by atomic mass is 32.1. The Balaban J connectivity index is 2.08. The Morgan fingerprint density at radius 3 is 2.61 bits per heavy atom. The van der Waals surface area contributed by atoms with Crippen LogP contribution in [0, 0.1) is 10.1 Å². The topological polar surface area (TPSA) is 112 Å². The molecule has 0 spiro atoms. The van der Waals surface area contributed by atoms with Crippen molar-refractivity contribution < 1.29 is 24.0 Å². The standard InChI is InChI=1S/C18H19N3O6S/c1-26-10-9-20(11-16-19-15(12-28-16)18(23)27-2)17(22)8-5-13-3-6-14(7-4-13)21(24)25/h3-8,12H,9-11H2,1-2H3. The molecule has 0 saturated carbocycles. The second-order valence-electron chi connectivity index (χ2n) is 5.55. The van der Waals surface area contributed by atoms with Crippen molar-refractivity contribution in [1.82, 2.24) is 9.88 Å². The molecule has 0 aliphatic heterocycles. The van der Waals surface area contributed by atoms with Crippen LogP contribution in [-0.4, -0.2) is 54.1 Å². The number of non-ortho nitro benzene ring substituents is 1. The van der Waals surface area contributed by atoms with Crippen LogP contribution in [0.2, 0.25) is 0 Å². The number of ether oxygens (including phenoxy) is 2. The van der Waals surface area contributed by atoms with Gasteiger partial charge in [0.15, 0.2) is 5.69 Å². The Hall–Kier alpha value is -3.11. The molecule has 0 atom stereocenters. The summed E-state index contributed by atoms with van der Waals surface area (Å²) in [6.07, 6.45) is 2.96. The van der Waals surface area contributed by atoms with Gasteiger partial charge in [0.2, 0.25) is 5.91 Å². The summed E-state index contributed by atoms with van der Waals surface area (Å²) in [6, 6.07) is 5.86. The first kappa shape index (κ1) is 21.2. The number of nitro benzene ring substituents is 1. The third-order valence-corrected chi connectivity index (χ3v) is 4.51. The van der Waals surface area contributed by atoms with E-state index < -0.39 is 10.9 Å². The fourth-order valence-corrected chi connectivity index (χ4v) is 2.97. The van der Waals surface area contributed by atoms with E-state index in [9.17, 15) is 19.7 Å². The second kappa shape index (κ2) is 10.3. The van der Waals surface area contributed by atoms with Gasteiger partial charge in [0.05, 0.1) is 25.2 Å². The van der Waals surface area contributed by atoms with Gasteiger partial charge in [-0.2, -0.15) is 0 Å². The molecule has 0 N–H and O–H groups in total. The normalized spacial score (nSPS) is 10.8. The Labute approximate surface area is 165 Å². The highest BCUT2D eigenvalue weighted by Crippen LogP contribution is 2.15. The molecule has 0 aliphatic rings. The van der Waals surface area contributed by atoms with E-state index in [1.807, 2.05) is 0 Å². The van der Waals surface area contributed by atoms with Crippen LogP contribution in [0.3, 0.4) is 0 Å². The number of hydrogen-bond donors (Lipinski definition) is 0. The van der Waals surface area contributed by atoms with Crippen molar-refractivity contribution >= 4 is 35.0 Å². The van der Waals surface area contributed by atoms with Gasteiger partial charge in [-0.3, -0.25) is 14.9 Å². The summed E-state index contributed by atoms with van der Waals surface area (Å²) >= 11 is 1.26. The lowest BCUT2D eigenvalue weighted by Gasteiger charge is -2.19. The van der Waals surface area contributed by atoms with E-state index in [-0.39, 0.29) is 23.8 Å². The Bertz CT molecular complexity index is 862. The summed E-state index contributed by atoms with van der Waals surface area (Å²) in [5.41, 5.74) is 0.839. The molecule has 1 amide bonds. The van der Waals surface area contributed by atoms with E-state index >= 15 is 0 Å². The van der Waals surface area contributed by atoms with E-state index in [0.717, 1.165) is 0 Å². The molecule has 0 unspecified atom stereocenters. The van der Waals surface area contributed by atoms with Crippen molar-refractivity contribution in [3.8, 4) is 0 Å². The third kappa shape index (κ3) is 5.96. The first-order chi connectivity index (χ1) is 13.4. The van der Waals surface area contributed by atoms with Crippen LogP contribution in [0.15, 0.2) is 35.7 Å². The number of methoxy groups -OCH3 is 2. The lowest BCUT2D eigenvalue weighted by molar-refractivity contribution is -0.384. The number of carbonyl (C=O) groups excluding carboxylic acids is 2. The molecule has 0 saturated heterocycles. The van der Waals surface area contributed by atoms with Crippen molar-refractivity contribution in [2.24, 2.45) is 0 Å². The quantitative estimate of drug-likeness (QED) is 0.273. The number of thiazole rings is 1. The molecule has 0 radical (unpaired) electrons.